The minimum atomic E-state index is -0.426. The number of hydrogen-bond acceptors (Lipinski definition) is 4. The van der Waals surface area contributed by atoms with Gasteiger partial charge in [0.1, 0.15) is 5.82 Å². The molecule has 1 N–H and O–H groups in total. The van der Waals surface area contributed by atoms with Crippen molar-refractivity contribution in [3.05, 3.63) is 83.7 Å². The number of hydrogen-bond donors (Lipinski definition) is 1. The molecule has 0 unspecified atom stereocenters. The number of nitrogens with zero attached hydrogens (tertiary/aromatic N) is 1. The summed E-state index contributed by atoms with van der Waals surface area (Å²) < 4.78 is 15.2. The van der Waals surface area contributed by atoms with Gasteiger partial charge in [-0.2, -0.15) is 0 Å². The fourth-order valence-electron chi connectivity index (χ4n) is 2.01. The number of benzene rings is 1. The molecule has 4 nitrogen and oxygen atoms in total. The lowest BCUT2D eigenvalue weighted by atomic mass is 10.2. The van der Waals surface area contributed by atoms with Crippen LogP contribution in [0.4, 0.5) is 4.39 Å². The Morgan fingerprint density at radius 2 is 2.00 bits per heavy atom. The van der Waals surface area contributed by atoms with E-state index >= 15 is 0 Å². The van der Waals surface area contributed by atoms with Gasteiger partial charge in [-0.25, -0.2) is 4.39 Å². The SMILES string of the molecule is O=C(/C=c1/[nH]c(=O)/c(=C\c2cc(Br)ccc2F)s1)c1ccncc1. The second-order valence-corrected chi connectivity index (χ2v) is 6.84. The molecular weight excluding hydrogens is 395 g/mol. The average Bonchev–Trinajstić information content (AvgIpc) is 2.91. The number of halogens is 2. The first-order valence-corrected chi connectivity index (χ1v) is 8.46. The van der Waals surface area contributed by atoms with Crippen LogP contribution in [0.25, 0.3) is 12.2 Å². The molecule has 7 heteroatoms. The normalized spacial score (nSPS) is 12.6. The van der Waals surface area contributed by atoms with Crippen molar-refractivity contribution in [1.82, 2.24) is 9.97 Å². The molecule has 0 saturated heterocycles. The Balaban J connectivity index is 2.03. The highest BCUT2D eigenvalue weighted by molar-refractivity contribution is 9.10. The minimum absolute atomic E-state index is 0.241. The molecule has 2 aromatic heterocycles. The van der Waals surface area contributed by atoms with Crippen LogP contribution in [-0.2, 0) is 0 Å². The molecule has 3 rings (SSSR count). The maximum Gasteiger partial charge on any atom is 0.266 e. The molecule has 0 aliphatic carbocycles. The van der Waals surface area contributed by atoms with Crippen LogP contribution >= 0.6 is 27.3 Å². The first kappa shape index (κ1) is 16.5. The number of ketones is 1. The van der Waals surface area contributed by atoms with E-state index in [0.29, 0.717) is 24.8 Å². The summed E-state index contributed by atoms with van der Waals surface area (Å²) in [5, 5.41) is 0. The molecule has 120 valence electrons. The van der Waals surface area contributed by atoms with Crippen molar-refractivity contribution in [2.45, 2.75) is 0 Å². The fourth-order valence-corrected chi connectivity index (χ4v) is 3.26. The van der Waals surface area contributed by atoms with Crippen LogP contribution < -0.4 is 14.8 Å². The van der Waals surface area contributed by atoms with Crippen LogP contribution in [0.3, 0.4) is 0 Å². The van der Waals surface area contributed by atoms with Crippen molar-refractivity contribution < 1.29 is 9.18 Å². The lowest BCUT2D eigenvalue weighted by Crippen LogP contribution is -2.20. The maximum atomic E-state index is 13.8. The number of Topliss-reactive ketones (excluding diaryl/α,β-unsaturated/α-hetero) is 1. The Labute approximate surface area is 148 Å². The molecule has 0 radical (unpaired) electrons. The van der Waals surface area contributed by atoms with E-state index in [1.807, 2.05) is 0 Å². The molecule has 0 aliphatic rings. The zero-order chi connectivity index (χ0) is 17.1. The molecule has 0 aliphatic heterocycles. The number of rotatable bonds is 3. The van der Waals surface area contributed by atoms with Gasteiger partial charge in [-0.15, -0.1) is 11.3 Å². The van der Waals surface area contributed by atoms with Gasteiger partial charge >= 0.3 is 0 Å². The highest BCUT2D eigenvalue weighted by atomic mass is 79.9. The van der Waals surface area contributed by atoms with Crippen LogP contribution in [0.5, 0.6) is 0 Å². The van der Waals surface area contributed by atoms with E-state index in [1.165, 1.54) is 30.6 Å². The quantitative estimate of drug-likeness (QED) is 0.680. The summed E-state index contributed by atoms with van der Waals surface area (Å²) in [6.45, 7) is 0. The van der Waals surface area contributed by atoms with Crippen molar-refractivity contribution in [3.8, 4) is 0 Å². The van der Waals surface area contributed by atoms with Gasteiger partial charge in [0.25, 0.3) is 5.56 Å². The van der Waals surface area contributed by atoms with E-state index in [0.717, 1.165) is 11.3 Å². The van der Waals surface area contributed by atoms with Crippen LogP contribution in [0, 0.1) is 5.82 Å². The highest BCUT2D eigenvalue weighted by Gasteiger charge is 2.04. The predicted octanol–water partition coefficient (Wildman–Crippen LogP) is 2.23. The Morgan fingerprint density at radius 3 is 2.75 bits per heavy atom. The summed E-state index contributed by atoms with van der Waals surface area (Å²) in [4.78, 5) is 30.6. The first-order chi connectivity index (χ1) is 11.5. The highest BCUT2D eigenvalue weighted by Crippen LogP contribution is 2.15. The van der Waals surface area contributed by atoms with Crippen LogP contribution in [0.2, 0.25) is 0 Å². The summed E-state index contributed by atoms with van der Waals surface area (Å²) in [6.07, 6.45) is 5.84. The van der Waals surface area contributed by atoms with E-state index in [2.05, 4.69) is 25.9 Å². The largest absolute Gasteiger partial charge is 0.313 e. The van der Waals surface area contributed by atoms with Crippen molar-refractivity contribution in [1.29, 1.82) is 0 Å². The van der Waals surface area contributed by atoms with Gasteiger partial charge in [0.05, 0.1) is 9.20 Å². The van der Waals surface area contributed by atoms with Gasteiger partial charge < -0.3 is 4.98 Å². The van der Waals surface area contributed by atoms with Crippen LogP contribution in [-0.4, -0.2) is 15.8 Å². The van der Waals surface area contributed by atoms with E-state index < -0.39 is 5.82 Å². The van der Waals surface area contributed by atoms with Gasteiger partial charge in [-0.05, 0) is 36.4 Å². The van der Waals surface area contributed by atoms with E-state index in [1.54, 1.807) is 24.3 Å². The zero-order valence-corrected chi connectivity index (χ0v) is 14.5. The topological polar surface area (TPSA) is 62.8 Å². The minimum Gasteiger partial charge on any atom is -0.313 e. The third-order valence-electron chi connectivity index (χ3n) is 3.15. The molecule has 3 aromatic rings. The molecule has 1 aromatic carbocycles. The molecule has 2 heterocycles. The fraction of sp³-hybridized carbons (Fsp3) is 0. The van der Waals surface area contributed by atoms with Crippen molar-refractivity contribution >= 4 is 45.2 Å². The van der Waals surface area contributed by atoms with Gasteiger partial charge in [0, 0.05) is 34.1 Å². The van der Waals surface area contributed by atoms with Crippen molar-refractivity contribution in [3.63, 3.8) is 0 Å². The number of thiazole rings is 1. The molecule has 24 heavy (non-hydrogen) atoms. The Hall–Kier alpha value is -2.38. The molecule has 0 spiro atoms. The molecule has 0 saturated carbocycles. The monoisotopic (exact) mass is 404 g/mol. The standard InChI is InChI=1S/C17H10BrFN2O2S/c18-12-1-2-13(19)11(7-12)8-15-17(23)21-16(24-15)9-14(22)10-3-5-20-6-4-10/h1-9H,(H,21,23)/b15-8+,16-9-. The second-order valence-electron chi connectivity index (χ2n) is 4.84. The molecule has 0 bridgehead atoms. The van der Waals surface area contributed by atoms with Crippen LogP contribution in [0.15, 0.2) is 52.0 Å². The van der Waals surface area contributed by atoms with Gasteiger partial charge in [-0.3, -0.25) is 14.6 Å². The first-order valence-electron chi connectivity index (χ1n) is 6.85. The van der Waals surface area contributed by atoms with Gasteiger partial charge in [0.2, 0.25) is 0 Å². The van der Waals surface area contributed by atoms with Crippen LogP contribution in [0.1, 0.15) is 15.9 Å². The summed E-state index contributed by atoms with van der Waals surface area (Å²) in [6, 6.07) is 7.67. The number of H-pyrrole nitrogens is 1. The maximum absolute atomic E-state index is 13.8. The summed E-state index contributed by atoms with van der Waals surface area (Å²) in [5.41, 5.74) is 0.403. The van der Waals surface area contributed by atoms with E-state index in [4.69, 9.17) is 0 Å². The number of aromatic nitrogens is 2. The van der Waals surface area contributed by atoms with Gasteiger partial charge in [-0.1, -0.05) is 15.9 Å². The van der Waals surface area contributed by atoms with Crippen molar-refractivity contribution in [2.24, 2.45) is 0 Å². The third-order valence-corrected chi connectivity index (χ3v) is 4.61. The number of carbonyl (C=O) groups excluding carboxylic acids is 1. The summed E-state index contributed by atoms with van der Waals surface area (Å²) >= 11 is 4.36. The number of aromatic amines is 1. The summed E-state index contributed by atoms with van der Waals surface area (Å²) in [5.74, 6) is -0.667. The lowest BCUT2D eigenvalue weighted by molar-refractivity contribution is 0.106. The Kier molecular flexibility index (Phi) is 4.82. The average molecular weight is 405 g/mol. The summed E-state index contributed by atoms with van der Waals surface area (Å²) in [7, 11) is 0. The molecular formula is C17H10BrFN2O2S. The lowest BCUT2D eigenvalue weighted by Gasteiger charge is -1.96. The van der Waals surface area contributed by atoms with E-state index in [9.17, 15) is 14.0 Å². The zero-order valence-electron chi connectivity index (χ0n) is 12.1. The molecule has 0 amide bonds. The number of pyridine rings is 1. The third kappa shape index (κ3) is 3.74. The predicted molar refractivity (Wildman–Crippen MR) is 94.9 cm³/mol. The number of nitrogens with one attached hydrogen (secondary N) is 1. The second kappa shape index (κ2) is 7.02. The molecule has 0 fully saturated rings. The molecule has 0 atom stereocenters. The number of carbonyl (C=O) groups is 1. The Bertz CT molecular complexity index is 1070. The van der Waals surface area contributed by atoms with Crippen molar-refractivity contribution in [2.75, 3.05) is 0 Å². The van der Waals surface area contributed by atoms with Gasteiger partial charge in [0.15, 0.2) is 5.78 Å². The smallest absolute Gasteiger partial charge is 0.266 e. The van der Waals surface area contributed by atoms with E-state index in [-0.39, 0.29) is 11.3 Å². The Morgan fingerprint density at radius 1 is 1.25 bits per heavy atom.